The Morgan fingerprint density at radius 2 is 2.23 bits per heavy atom. The maximum Gasteiger partial charge on any atom is 0.355 e. The third kappa shape index (κ3) is 2.21. The maximum atomic E-state index is 12.1. The first kappa shape index (κ1) is 10.0. The standard InChI is InChI=1S/C7H4BrF2NO2/c8-4-1-3(6(9)10)2-11-5(4)7(12)13/h1-2,6H,(H,12,13). The molecule has 0 fully saturated rings. The van der Waals surface area contributed by atoms with Gasteiger partial charge in [0.15, 0.2) is 5.69 Å². The summed E-state index contributed by atoms with van der Waals surface area (Å²) in [7, 11) is 0. The summed E-state index contributed by atoms with van der Waals surface area (Å²) < 4.78 is 24.2. The van der Waals surface area contributed by atoms with Crippen LogP contribution in [0, 0.1) is 0 Å². The fourth-order valence-corrected chi connectivity index (χ4v) is 1.27. The number of carbonyl (C=O) groups is 1. The number of aromatic carboxylic acids is 1. The first-order valence-electron chi connectivity index (χ1n) is 3.19. The predicted octanol–water partition coefficient (Wildman–Crippen LogP) is 2.48. The van der Waals surface area contributed by atoms with E-state index in [9.17, 15) is 13.6 Å². The number of aromatic nitrogens is 1. The number of rotatable bonds is 2. The van der Waals surface area contributed by atoms with E-state index in [-0.39, 0.29) is 15.7 Å². The molecule has 1 aromatic heterocycles. The van der Waals surface area contributed by atoms with Gasteiger partial charge in [-0.1, -0.05) is 0 Å². The molecule has 0 aliphatic carbocycles. The molecule has 1 aromatic rings. The first-order valence-corrected chi connectivity index (χ1v) is 3.98. The molecule has 6 heteroatoms. The molecule has 0 saturated carbocycles. The van der Waals surface area contributed by atoms with Gasteiger partial charge >= 0.3 is 5.97 Å². The molecule has 1 heterocycles. The summed E-state index contributed by atoms with van der Waals surface area (Å²) in [5.74, 6) is -1.26. The van der Waals surface area contributed by atoms with Crippen LogP contribution < -0.4 is 0 Å². The van der Waals surface area contributed by atoms with Crippen molar-refractivity contribution in [2.45, 2.75) is 6.43 Å². The lowest BCUT2D eigenvalue weighted by molar-refractivity contribution is 0.0688. The van der Waals surface area contributed by atoms with Gasteiger partial charge in [0.2, 0.25) is 0 Å². The van der Waals surface area contributed by atoms with E-state index in [2.05, 4.69) is 20.9 Å². The van der Waals surface area contributed by atoms with Gasteiger partial charge < -0.3 is 5.11 Å². The van der Waals surface area contributed by atoms with Crippen LogP contribution in [0.1, 0.15) is 22.5 Å². The van der Waals surface area contributed by atoms with Crippen LogP contribution in [-0.2, 0) is 0 Å². The van der Waals surface area contributed by atoms with Gasteiger partial charge in [-0.15, -0.1) is 0 Å². The molecule has 0 aromatic carbocycles. The second-order valence-corrected chi connectivity index (χ2v) is 3.06. The molecule has 0 unspecified atom stereocenters. The Bertz CT molecular complexity index is 343. The fraction of sp³-hybridized carbons (Fsp3) is 0.143. The van der Waals surface area contributed by atoms with Crippen molar-refractivity contribution < 1.29 is 18.7 Å². The number of hydrogen-bond acceptors (Lipinski definition) is 2. The van der Waals surface area contributed by atoms with Gasteiger partial charge in [0.05, 0.1) is 4.47 Å². The highest BCUT2D eigenvalue weighted by Crippen LogP contribution is 2.23. The monoisotopic (exact) mass is 251 g/mol. The van der Waals surface area contributed by atoms with E-state index in [1.54, 1.807) is 0 Å². The Balaban J connectivity index is 3.13. The van der Waals surface area contributed by atoms with Crippen molar-refractivity contribution in [3.8, 4) is 0 Å². The summed E-state index contributed by atoms with van der Waals surface area (Å²) in [5.41, 5.74) is -0.582. The molecule has 0 aliphatic rings. The summed E-state index contributed by atoms with van der Waals surface area (Å²) in [6.07, 6.45) is -1.80. The average molecular weight is 252 g/mol. The zero-order chi connectivity index (χ0) is 10.0. The molecule has 1 rings (SSSR count). The van der Waals surface area contributed by atoms with Crippen molar-refractivity contribution in [1.29, 1.82) is 0 Å². The molecule has 13 heavy (non-hydrogen) atoms. The van der Waals surface area contributed by atoms with Crippen molar-refractivity contribution in [1.82, 2.24) is 4.98 Å². The van der Waals surface area contributed by atoms with Gasteiger partial charge in [-0.05, 0) is 22.0 Å². The topological polar surface area (TPSA) is 50.2 Å². The summed E-state index contributed by atoms with van der Waals surface area (Å²) in [6, 6.07) is 1.04. The minimum absolute atomic E-state index is 0.0535. The van der Waals surface area contributed by atoms with Crippen LogP contribution in [0.5, 0.6) is 0 Å². The normalized spacial score (nSPS) is 10.5. The zero-order valence-electron chi connectivity index (χ0n) is 6.17. The molecule has 0 radical (unpaired) electrons. The number of carboxylic acids is 1. The van der Waals surface area contributed by atoms with Crippen LogP contribution in [-0.4, -0.2) is 16.1 Å². The predicted molar refractivity (Wildman–Crippen MR) is 43.9 cm³/mol. The van der Waals surface area contributed by atoms with Crippen LogP contribution in [0.3, 0.4) is 0 Å². The Morgan fingerprint density at radius 1 is 1.62 bits per heavy atom. The van der Waals surface area contributed by atoms with Crippen molar-refractivity contribution in [2.75, 3.05) is 0 Å². The van der Waals surface area contributed by atoms with E-state index in [1.165, 1.54) is 0 Å². The number of nitrogens with zero attached hydrogens (tertiary/aromatic N) is 1. The van der Waals surface area contributed by atoms with E-state index in [0.29, 0.717) is 0 Å². The molecule has 0 amide bonds. The van der Waals surface area contributed by atoms with Crippen LogP contribution in [0.2, 0.25) is 0 Å². The van der Waals surface area contributed by atoms with Crippen molar-refractivity contribution in [3.05, 3.63) is 28.0 Å². The molecule has 70 valence electrons. The largest absolute Gasteiger partial charge is 0.476 e. The quantitative estimate of drug-likeness (QED) is 0.879. The van der Waals surface area contributed by atoms with Crippen molar-refractivity contribution in [3.63, 3.8) is 0 Å². The number of alkyl halides is 2. The van der Waals surface area contributed by atoms with E-state index in [1.807, 2.05) is 0 Å². The molecule has 0 saturated heterocycles. The van der Waals surface area contributed by atoms with Gasteiger partial charge in [-0.25, -0.2) is 18.6 Å². The number of halogens is 3. The summed E-state index contributed by atoms with van der Waals surface area (Å²) in [4.78, 5) is 13.8. The summed E-state index contributed by atoms with van der Waals surface area (Å²) >= 11 is 2.84. The van der Waals surface area contributed by atoms with Gasteiger partial charge in [0.25, 0.3) is 6.43 Å². The highest BCUT2D eigenvalue weighted by molar-refractivity contribution is 9.10. The molecular weight excluding hydrogens is 248 g/mol. The average Bonchev–Trinajstić information content (AvgIpc) is 2.03. The van der Waals surface area contributed by atoms with Gasteiger partial charge in [0.1, 0.15) is 0 Å². The second-order valence-electron chi connectivity index (χ2n) is 2.20. The van der Waals surface area contributed by atoms with Gasteiger partial charge in [-0.2, -0.15) is 0 Å². The third-order valence-electron chi connectivity index (χ3n) is 1.32. The van der Waals surface area contributed by atoms with Crippen LogP contribution in [0.25, 0.3) is 0 Å². The van der Waals surface area contributed by atoms with E-state index in [4.69, 9.17) is 5.11 Å². The Kier molecular flexibility index (Phi) is 2.92. The summed E-state index contributed by atoms with van der Waals surface area (Å²) in [5, 5.41) is 8.52. The minimum atomic E-state index is -2.65. The zero-order valence-corrected chi connectivity index (χ0v) is 7.75. The highest BCUT2D eigenvalue weighted by atomic mass is 79.9. The lowest BCUT2D eigenvalue weighted by Gasteiger charge is -2.01. The van der Waals surface area contributed by atoms with Crippen LogP contribution >= 0.6 is 15.9 Å². The minimum Gasteiger partial charge on any atom is -0.476 e. The second kappa shape index (κ2) is 3.78. The number of pyridine rings is 1. The molecule has 0 aliphatic heterocycles. The lowest BCUT2D eigenvalue weighted by Crippen LogP contribution is -2.02. The van der Waals surface area contributed by atoms with Crippen LogP contribution in [0.4, 0.5) is 8.78 Å². The number of hydrogen-bond donors (Lipinski definition) is 1. The van der Waals surface area contributed by atoms with E-state index < -0.39 is 12.4 Å². The molecule has 3 nitrogen and oxygen atoms in total. The van der Waals surface area contributed by atoms with Crippen molar-refractivity contribution in [2.24, 2.45) is 0 Å². The van der Waals surface area contributed by atoms with E-state index >= 15 is 0 Å². The lowest BCUT2D eigenvalue weighted by atomic mass is 10.2. The SMILES string of the molecule is O=C(O)c1ncc(C(F)F)cc1Br. The summed E-state index contributed by atoms with van der Waals surface area (Å²) in [6.45, 7) is 0. The Labute approximate surface area is 80.5 Å². The first-order chi connectivity index (χ1) is 6.02. The highest BCUT2D eigenvalue weighted by Gasteiger charge is 2.14. The maximum absolute atomic E-state index is 12.1. The molecule has 0 spiro atoms. The number of carboxylic acid groups (broad SMARTS) is 1. The third-order valence-corrected chi connectivity index (χ3v) is 1.92. The van der Waals surface area contributed by atoms with Crippen LogP contribution in [0.15, 0.2) is 16.7 Å². The van der Waals surface area contributed by atoms with Gasteiger partial charge in [-0.3, -0.25) is 0 Å². The van der Waals surface area contributed by atoms with Crippen molar-refractivity contribution >= 4 is 21.9 Å². The molecular formula is C7H4BrF2NO2. The Morgan fingerprint density at radius 3 is 2.62 bits per heavy atom. The molecule has 0 bridgehead atoms. The molecule has 0 atom stereocenters. The smallest absolute Gasteiger partial charge is 0.355 e. The molecule has 1 N–H and O–H groups in total. The fourth-order valence-electron chi connectivity index (χ4n) is 0.729. The van der Waals surface area contributed by atoms with Gasteiger partial charge in [0, 0.05) is 11.8 Å². The Hall–Kier alpha value is -1.04. The van der Waals surface area contributed by atoms with E-state index in [0.717, 1.165) is 12.3 Å².